The zero-order chi connectivity index (χ0) is 29.4. The Bertz CT molecular complexity index is 1520. The van der Waals surface area contributed by atoms with Crippen molar-refractivity contribution >= 4 is 62.4 Å². The highest BCUT2D eigenvalue weighted by Crippen LogP contribution is 2.24. The number of nitrogens with zero attached hydrogens (tertiary/aromatic N) is 3. The van der Waals surface area contributed by atoms with E-state index in [4.69, 9.17) is 4.74 Å². The number of hydrogen-bond donors (Lipinski definition) is 4. The van der Waals surface area contributed by atoms with Gasteiger partial charge in [-0.3, -0.25) is 19.5 Å². The van der Waals surface area contributed by atoms with Crippen LogP contribution in [-0.2, 0) is 20.7 Å². The molecule has 0 aliphatic heterocycles. The molecule has 1 aromatic carbocycles. The third-order valence-corrected chi connectivity index (χ3v) is 8.17. The van der Waals surface area contributed by atoms with Crippen LogP contribution in [-0.4, -0.2) is 83.1 Å². The van der Waals surface area contributed by atoms with E-state index in [1.165, 1.54) is 11.3 Å². The highest BCUT2D eigenvalue weighted by Gasteiger charge is 2.26. The molecule has 14 heteroatoms. The molecule has 4 rings (SSSR count). The van der Waals surface area contributed by atoms with E-state index in [-0.39, 0.29) is 41.4 Å². The number of rotatable bonds is 13. The summed E-state index contributed by atoms with van der Waals surface area (Å²) in [7, 11) is 1.90. The highest BCUT2D eigenvalue weighted by atomic mass is 32.1. The van der Waals surface area contributed by atoms with Gasteiger partial charge in [0.25, 0.3) is 11.8 Å². The fraction of sp³-hybridized carbons (Fsp3) is 0.333. The van der Waals surface area contributed by atoms with Crippen LogP contribution in [0.25, 0.3) is 10.9 Å². The molecule has 0 aliphatic rings. The maximum atomic E-state index is 13.2. The lowest BCUT2D eigenvalue weighted by Gasteiger charge is -2.19. The number of hydrogen-bond acceptors (Lipinski definition) is 10. The fourth-order valence-electron chi connectivity index (χ4n) is 3.85. The van der Waals surface area contributed by atoms with Crippen molar-refractivity contribution in [2.75, 3.05) is 38.6 Å². The predicted molar refractivity (Wildman–Crippen MR) is 157 cm³/mol. The molecule has 0 spiro atoms. The molecule has 0 radical (unpaired) electrons. The van der Waals surface area contributed by atoms with Crippen molar-refractivity contribution in [3.05, 3.63) is 62.9 Å². The first-order valence-electron chi connectivity index (χ1n) is 12.9. The smallest absolute Gasteiger partial charge is 0.330 e. The molecular formula is C27H31N7O5S2. The van der Waals surface area contributed by atoms with E-state index in [1.807, 2.05) is 37.1 Å². The van der Waals surface area contributed by atoms with Crippen molar-refractivity contribution in [1.82, 2.24) is 30.7 Å². The molecule has 4 N–H and O–H groups in total. The lowest BCUT2D eigenvalue weighted by Crippen LogP contribution is -2.49. The van der Waals surface area contributed by atoms with Gasteiger partial charge in [-0.15, -0.1) is 11.3 Å². The van der Waals surface area contributed by atoms with E-state index in [1.54, 1.807) is 30.6 Å². The first kappa shape index (κ1) is 29.8. The van der Waals surface area contributed by atoms with E-state index in [0.717, 1.165) is 34.3 Å². The molecule has 12 nitrogen and oxygen atoms in total. The maximum absolute atomic E-state index is 13.2. The van der Waals surface area contributed by atoms with Crippen LogP contribution in [0.1, 0.15) is 37.5 Å². The SMILES string of the molecule is CCN(C)CCOC(=O)C(CNC(=O)c1cccs1)NC(=O)c1sc(NC(=O)Cc2cccc3[nH]ncc23)nc1C. The van der Waals surface area contributed by atoms with Gasteiger partial charge in [-0.1, -0.05) is 36.5 Å². The molecular weight excluding hydrogens is 566 g/mol. The third-order valence-electron chi connectivity index (χ3n) is 6.23. The second-order valence-electron chi connectivity index (χ2n) is 9.18. The molecule has 0 bridgehead atoms. The van der Waals surface area contributed by atoms with Crippen molar-refractivity contribution < 1.29 is 23.9 Å². The van der Waals surface area contributed by atoms with Gasteiger partial charge in [0.2, 0.25) is 5.91 Å². The van der Waals surface area contributed by atoms with Crippen LogP contribution < -0.4 is 16.0 Å². The molecule has 1 unspecified atom stereocenters. The molecule has 1 atom stereocenters. The maximum Gasteiger partial charge on any atom is 0.330 e. The number of thiophene rings is 1. The number of H-pyrrole nitrogens is 1. The number of ether oxygens (including phenoxy) is 1. The fourth-order valence-corrected chi connectivity index (χ4v) is 5.37. The molecule has 41 heavy (non-hydrogen) atoms. The zero-order valence-corrected chi connectivity index (χ0v) is 24.5. The molecule has 4 aromatic rings. The number of benzene rings is 1. The summed E-state index contributed by atoms with van der Waals surface area (Å²) in [5.74, 6) is -1.89. The quantitative estimate of drug-likeness (QED) is 0.171. The number of esters is 1. The normalized spacial score (nSPS) is 11.8. The molecule has 3 heterocycles. The Labute approximate surface area is 244 Å². The number of nitrogens with one attached hydrogen (secondary N) is 4. The van der Waals surface area contributed by atoms with Crippen molar-refractivity contribution in [1.29, 1.82) is 0 Å². The molecule has 0 saturated carbocycles. The summed E-state index contributed by atoms with van der Waals surface area (Å²) in [4.78, 5) is 58.3. The van der Waals surface area contributed by atoms with E-state index in [0.29, 0.717) is 17.1 Å². The number of anilines is 1. The summed E-state index contributed by atoms with van der Waals surface area (Å²) >= 11 is 2.26. The Morgan fingerprint density at radius 2 is 1.98 bits per heavy atom. The van der Waals surface area contributed by atoms with Gasteiger partial charge in [-0.2, -0.15) is 5.10 Å². The summed E-state index contributed by atoms with van der Waals surface area (Å²) in [6.45, 7) is 4.91. The first-order chi connectivity index (χ1) is 19.7. The van der Waals surface area contributed by atoms with Gasteiger partial charge >= 0.3 is 5.97 Å². The van der Waals surface area contributed by atoms with Crippen molar-refractivity contribution in [2.45, 2.75) is 26.3 Å². The Morgan fingerprint density at radius 1 is 1.15 bits per heavy atom. The highest BCUT2D eigenvalue weighted by molar-refractivity contribution is 7.17. The third kappa shape index (κ3) is 7.96. The number of fused-ring (bicyclic) bond motifs is 1. The van der Waals surface area contributed by atoms with Crippen LogP contribution in [0.3, 0.4) is 0 Å². The molecule has 216 valence electrons. The summed E-state index contributed by atoms with van der Waals surface area (Å²) < 4.78 is 5.39. The lowest BCUT2D eigenvalue weighted by molar-refractivity contribution is -0.146. The Hall–Kier alpha value is -4.14. The van der Waals surface area contributed by atoms with E-state index >= 15 is 0 Å². The molecule has 0 saturated heterocycles. The Morgan fingerprint density at radius 3 is 2.73 bits per heavy atom. The molecule has 3 amide bonds. The minimum absolute atomic E-state index is 0.0993. The van der Waals surface area contributed by atoms with E-state index in [9.17, 15) is 19.2 Å². The predicted octanol–water partition coefficient (Wildman–Crippen LogP) is 2.59. The van der Waals surface area contributed by atoms with Gasteiger partial charge in [0.1, 0.15) is 17.5 Å². The minimum Gasteiger partial charge on any atom is -0.463 e. The first-order valence-corrected chi connectivity index (χ1v) is 14.6. The van der Waals surface area contributed by atoms with Crippen molar-refractivity contribution in [3.63, 3.8) is 0 Å². The van der Waals surface area contributed by atoms with E-state index < -0.39 is 17.9 Å². The number of aryl methyl sites for hydroxylation is 1. The van der Waals surface area contributed by atoms with Crippen LogP contribution >= 0.6 is 22.7 Å². The Balaban J connectivity index is 1.40. The number of carbonyl (C=O) groups excluding carboxylic acids is 4. The second kappa shape index (κ2) is 14.0. The standard InChI is InChI=1S/C27H31N7O5S2/c1-4-34(3)10-11-39-26(38)20(15-28-24(36)21-9-6-12-40-21)31-25(37)23-16(2)30-27(41-23)32-22(35)13-17-7-5-8-19-18(17)14-29-33-19/h5-9,12,14,20H,4,10-11,13,15H2,1-3H3,(H,28,36)(H,29,33)(H,31,37)(H,30,32,35). The van der Waals surface area contributed by atoms with Gasteiger partial charge in [-0.05, 0) is 43.6 Å². The average Bonchev–Trinajstić information content (AvgIpc) is 3.72. The van der Waals surface area contributed by atoms with Gasteiger partial charge < -0.3 is 25.6 Å². The Kier molecular flexibility index (Phi) is 10.2. The number of carbonyl (C=O) groups is 4. The van der Waals surface area contributed by atoms with Crippen LogP contribution in [0.4, 0.5) is 5.13 Å². The van der Waals surface area contributed by atoms with Gasteiger partial charge in [0, 0.05) is 18.5 Å². The number of aromatic amines is 1. The summed E-state index contributed by atoms with van der Waals surface area (Å²) in [5.41, 5.74) is 2.02. The minimum atomic E-state index is -1.13. The average molecular weight is 598 g/mol. The monoisotopic (exact) mass is 597 g/mol. The van der Waals surface area contributed by atoms with E-state index in [2.05, 4.69) is 31.1 Å². The summed E-state index contributed by atoms with van der Waals surface area (Å²) in [6, 6.07) is 7.84. The number of thiazole rings is 1. The van der Waals surface area contributed by atoms with Gasteiger partial charge in [0.15, 0.2) is 5.13 Å². The van der Waals surface area contributed by atoms with Gasteiger partial charge in [-0.25, -0.2) is 9.78 Å². The van der Waals surface area contributed by atoms with Crippen LogP contribution in [0, 0.1) is 6.92 Å². The topological polar surface area (TPSA) is 158 Å². The summed E-state index contributed by atoms with van der Waals surface area (Å²) in [5, 5.41) is 17.9. The summed E-state index contributed by atoms with van der Waals surface area (Å²) in [6.07, 6.45) is 1.77. The van der Waals surface area contributed by atoms with Crippen molar-refractivity contribution in [3.8, 4) is 0 Å². The molecule has 3 aromatic heterocycles. The van der Waals surface area contributed by atoms with Crippen LogP contribution in [0.15, 0.2) is 41.9 Å². The number of aromatic nitrogens is 3. The number of amides is 3. The van der Waals surface area contributed by atoms with Gasteiger partial charge in [0.05, 0.1) is 28.7 Å². The van der Waals surface area contributed by atoms with Crippen LogP contribution in [0.5, 0.6) is 0 Å². The zero-order valence-electron chi connectivity index (χ0n) is 22.9. The molecule has 0 fully saturated rings. The largest absolute Gasteiger partial charge is 0.463 e. The van der Waals surface area contributed by atoms with Crippen molar-refractivity contribution in [2.24, 2.45) is 0 Å². The molecule has 0 aliphatic carbocycles. The van der Waals surface area contributed by atoms with Crippen LogP contribution in [0.2, 0.25) is 0 Å². The lowest BCUT2D eigenvalue weighted by atomic mass is 10.1. The number of likely N-dealkylation sites (N-methyl/N-ethyl adjacent to an activating group) is 1. The second-order valence-corrected chi connectivity index (χ2v) is 11.1.